The van der Waals surface area contributed by atoms with Crippen molar-refractivity contribution in [2.24, 2.45) is 0 Å². The van der Waals surface area contributed by atoms with Gasteiger partial charge < -0.3 is 10.2 Å². The molecule has 23 heavy (non-hydrogen) atoms. The van der Waals surface area contributed by atoms with Crippen LogP contribution in [-0.4, -0.2) is 55.1 Å². The van der Waals surface area contributed by atoms with Crippen molar-refractivity contribution in [3.63, 3.8) is 0 Å². The van der Waals surface area contributed by atoms with Crippen molar-refractivity contribution in [2.45, 2.75) is 38.3 Å². The third-order valence-electron chi connectivity index (χ3n) is 5.23. The van der Waals surface area contributed by atoms with E-state index in [1.54, 1.807) is 12.1 Å². The van der Waals surface area contributed by atoms with E-state index in [0.29, 0.717) is 16.6 Å². The summed E-state index contributed by atoms with van der Waals surface area (Å²) in [4.78, 5) is 4.93. The van der Waals surface area contributed by atoms with Gasteiger partial charge in [0.05, 0.1) is 6.04 Å². The molecule has 2 saturated heterocycles. The monoisotopic (exact) mass is 339 g/mol. The van der Waals surface area contributed by atoms with Crippen LogP contribution in [0, 0.1) is 5.82 Å². The van der Waals surface area contributed by atoms with Crippen LogP contribution in [-0.2, 0) is 0 Å². The number of nitrogens with zero attached hydrogens (tertiary/aromatic N) is 2. The first-order chi connectivity index (χ1) is 11.2. The molecule has 0 spiro atoms. The first kappa shape index (κ1) is 17.2. The normalized spacial score (nSPS) is 24.9. The number of halogens is 2. The highest BCUT2D eigenvalue weighted by Crippen LogP contribution is 2.33. The van der Waals surface area contributed by atoms with Gasteiger partial charge in [0.15, 0.2) is 0 Å². The van der Waals surface area contributed by atoms with Crippen LogP contribution in [0.5, 0.6) is 0 Å². The fraction of sp³-hybridized carbons (Fsp3) is 0.667. The molecule has 2 unspecified atom stereocenters. The minimum absolute atomic E-state index is 0.0360. The van der Waals surface area contributed by atoms with Crippen molar-refractivity contribution in [1.82, 2.24) is 15.1 Å². The molecule has 1 aromatic rings. The SMILES string of the molecule is CCC1CNCCN1C(CN1CCCC1)c1c(F)cccc1Cl. The summed E-state index contributed by atoms with van der Waals surface area (Å²) in [7, 11) is 0. The molecular formula is C18H27ClFN3. The molecule has 128 valence electrons. The zero-order valence-corrected chi connectivity index (χ0v) is 14.7. The molecule has 0 aliphatic carbocycles. The molecule has 3 nitrogen and oxygen atoms in total. The van der Waals surface area contributed by atoms with Gasteiger partial charge in [-0.25, -0.2) is 4.39 Å². The fourth-order valence-corrected chi connectivity index (χ4v) is 4.26. The highest BCUT2D eigenvalue weighted by molar-refractivity contribution is 6.31. The molecule has 1 aromatic carbocycles. The van der Waals surface area contributed by atoms with Crippen molar-refractivity contribution in [2.75, 3.05) is 39.3 Å². The zero-order valence-electron chi connectivity index (χ0n) is 13.9. The van der Waals surface area contributed by atoms with Gasteiger partial charge in [0.25, 0.3) is 0 Å². The standard InChI is InChI=1S/C18H27ClFN3/c1-2-14-12-21-8-11-23(14)17(13-22-9-3-4-10-22)18-15(19)6-5-7-16(18)20/h5-7,14,17,21H,2-4,8-13H2,1H3. The zero-order chi connectivity index (χ0) is 16.2. The largest absolute Gasteiger partial charge is 0.314 e. The summed E-state index contributed by atoms with van der Waals surface area (Å²) in [6.45, 7) is 8.19. The van der Waals surface area contributed by atoms with E-state index in [4.69, 9.17) is 11.6 Å². The smallest absolute Gasteiger partial charge is 0.129 e. The fourth-order valence-electron chi connectivity index (χ4n) is 3.97. The third kappa shape index (κ3) is 3.87. The first-order valence-corrected chi connectivity index (χ1v) is 9.21. The molecule has 0 amide bonds. The topological polar surface area (TPSA) is 18.5 Å². The molecule has 2 heterocycles. The van der Waals surface area contributed by atoms with Gasteiger partial charge in [-0.05, 0) is 44.5 Å². The summed E-state index contributed by atoms with van der Waals surface area (Å²) in [6.07, 6.45) is 3.56. The van der Waals surface area contributed by atoms with E-state index in [1.807, 2.05) is 6.07 Å². The summed E-state index contributed by atoms with van der Waals surface area (Å²) in [6, 6.07) is 5.53. The predicted octanol–water partition coefficient (Wildman–Crippen LogP) is 3.30. The second-order valence-electron chi connectivity index (χ2n) is 6.66. The lowest BCUT2D eigenvalue weighted by molar-refractivity contribution is 0.0780. The molecular weight excluding hydrogens is 313 g/mol. The highest BCUT2D eigenvalue weighted by atomic mass is 35.5. The Morgan fingerprint density at radius 1 is 1.30 bits per heavy atom. The number of rotatable bonds is 5. The van der Waals surface area contributed by atoms with Crippen LogP contribution in [0.25, 0.3) is 0 Å². The number of benzene rings is 1. The third-order valence-corrected chi connectivity index (χ3v) is 5.56. The van der Waals surface area contributed by atoms with E-state index in [2.05, 4.69) is 22.0 Å². The molecule has 0 aromatic heterocycles. The second-order valence-corrected chi connectivity index (χ2v) is 7.07. The molecule has 5 heteroatoms. The van der Waals surface area contributed by atoms with Gasteiger partial charge in [0.1, 0.15) is 5.82 Å². The van der Waals surface area contributed by atoms with Gasteiger partial charge >= 0.3 is 0 Å². The molecule has 0 radical (unpaired) electrons. The van der Waals surface area contributed by atoms with Crippen molar-refractivity contribution >= 4 is 11.6 Å². The molecule has 2 aliphatic rings. The maximum absolute atomic E-state index is 14.6. The Morgan fingerprint density at radius 3 is 2.78 bits per heavy atom. The molecule has 0 saturated carbocycles. The average Bonchev–Trinajstić information content (AvgIpc) is 3.07. The van der Waals surface area contributed by atoms with Crippen molar-refractivity contribution < 1.29 is 4.39 Å². The highest BCUT2D eigenvalue weighted by Gasteiger charge is 2.33. The lowest BCUT2D eigenvalue weighted by Crippen LogP contribution is -2.54. The van der Waals surface area contributed by atoms with Crippen molar-refractivity contribution in [3.05, 3.63) is 34.6 Å². The molecule has 0 bridgehead atoms. The maximum atomic E-state index is 14.6. The van der Waals surface area contributed by atoms with E-state index in [9.17, 15) is 4.39 Å². The molecule has 2 atom stereocenters. The van der Waals surface area contributed by atoms with Gasteiger partial charge in [0.2, 0.25) is 0 Å². The summed E-state index contributed by atoms with van der Waals surface area (Å²) >= 11 is 6.42. The first-order valence-electron chi connectivity index (χ1n) is 8.83. The number of nitrogens with one attached hydrogen (secondary N) is 1. The van der Waals surface area contributed by atoms with Crippen LogP contribution in [0.1, 0.15) is 37.8 Å². The lowest BCUT2D eigenvalue weighted by atomic mass is 9.99. The number of piperazine rings is 1. The van der Waals surface area contributed by atoms with Gasteiger partial charge in [-0.2, -0.15) is 0 Å². The number of hydrogen-bond acceptors (Lipinski definition) is 3. The van der Waals surface area contributed by atoms with E-state index in [1.165, 1.54) is 12.8 Å². The molecule has 2 aliphatic heterocycles. The van der Waals surface area contributed by atoms with E-state index in [0.717, 1.165) is 45.7 Å². The Labute approximate surface area is 143 Å². The van der Waals surface area contributed by atoms with Crippen LogP contribution in [0.3, 0.4) is 0 Å². The second kappa shape index (κ2) is 7.93. The van der Waals surface area contributed by atoms with Gasteiger partial charge in [0, 0.05) is 42.8 Å². The van der Waals surface area contributed by atoms with Crippen molar-refractivity contribution in [3.8, 4) is 0 Å². The Hall–Kier alpha value is -0.680. The lowest BCUT2D eigenvalue weighted by Gasteiger charge is -2.43. The Bertz CT molecular complexity index is 499. The number of hydrogen-bond donors (Lipinski definition) is 1. The Balaban J connectivity index is 1.92. The summed E-state index contributed by atoms with van der Waals surface area (Å²) in [5.74, 6) is -0.171. The van der Waals surface area contributed by atoms with E-state index >= 15 is 0 Å². The van der Waals surface area contributed by atoms with E-state index < -0.39 is 0 Å². The maximum Gasteiger partial charge on any atom is 0.129 e. The minimum Gasteiger partial charge on any atom is -0.314 e. The van der Waals surface area contributed by atoms with Gasteiger partial charge in [-0.15, -0.1) is 0 Å². The van der Waals surface area contributed by atoms with Crippen molar-refractivity contribution in [1.29, 1.82) is 0 Å². The Morgan fingerprint density at radius 2 is 2.09 bits per heavy atom. The molecule has 3 rings (SSSR count). The van der Waals surface area contributed by atoms with Gasteiger partial charge in [-0.1, -0.05) is 24.6 Å². The summed E-state index contributed by atoms with van der Waals surface area (Å²) < 4.78 is 14.6. The van der Waals surface area contributed by atoms with E-state index in [-0.39, 0.29) is 11.9 Å². The predicted molar refractivity (Wildman–Crippen MR) is 93.5 cm³/mol. The summed E-state index contributed by atoms with van der Waals surface area (Å²) in [5, 5.41) is 4.02. The van der Waals surface area contributed by atoms with Crippen LogP contribution in [0.4, 0.5) is 4.39 Å². The van der Waals surface area contributed by atoms with Crippen LogP contribution in [0.15, 0.2) is 18.2 Å². The number of likely N-dealkylation sites (tertiary alicyclic amines) is 1. The summed E-state index contributed by atoms with van der Waals surface area (Å²) in [5.41, 5.74) is 0.682. The average molecular weight is 340 g/mol. The molecule has 2 fully saturated rings. The molecule has 1 N–H and O–H groups in total. The minimum atomic E-state index is -0.171. The van der Waals surface area contributed by atoms with Crippen LogP contribution < -0.4 is 5.32 Å². The Kier molecular flexibility index (Phi) is 5.91. The van der Waals surface area contributed by atoms with Crippen LogP contribution in [0.2, 0.25) is 5.02 Å². The quantitative estimate of drug-likeness (QED) is 0.888. The van der Waals surface area contributed by atoms with Gasteiger partial charge in [-0.3, -0.25) is 4.90 Å². The van der Waals surface area contributed by atoms with Crippen LogP contribution >= 0.6 is 11.6 Å².